The SMILES string of the molecule is Cc1sc2nc(COc3ccc(F)cc3)cc(=O)n2c1-c1ncn[nH]1. The lowest BCUT2D eigenvalue weighted by molar-refractivity contribution is 0.301. The van der Waals surface area contributed by atoms with Crippen LogP contribution >= 0.6 is 11.3 Å². The van der Waals surface area contributed by atoms with Crippen molar-refractivity contribution in [3.05, 3.63) is 63.4 Å². The molecule has 0 aliphatic rings. The molecule has 25 heavy (non-hydrogen) atoms. The largest absolute Gasteiger partial charge is 0.487 e. The van der Waals surface area contributed by atoms with Crippen molar-refractivity contribution in [3.63, 3.8) is 0 Å². The van der Waals surface area contributed by atoms with Gasteiger partial charge >= 0.3 is 0 Å². The Morgan fingerprint density at radius 1 is 1.32 bits per heavy atom. The quantitative estimate of drug-likeness (QED) is 0.607. The molecule has 3 aromatic heterocycles. The van der Waals surface area contributed by atoms with Crippen LogP contribution in [0.2, 0.25) is 0 Å². The van der Waals surface area contributed by atoms with E-state index in [-0.39, 0.29) is 18.0 Å². The summed E-state index contributed by atoms with van der Waals surface area (Å²) in [5, 5.41) is 6.60. The number of rotatable bonds is 4. The summed E-state index contributed by atoms with van der Waals surface area (Å²) in [6.07, 6.45) is 1.39. The number of aromatic amines is 1. The third-order valence-electron chi connectivity index (χ3n) is 3.58. The Morgan fingerprint density at radius 3 is 2.84 bits per heavy atom. The van der Waals surface area contributed by atoms with Gasteiger partial charge in [0.05, 0.1) is 5.69 Å². The van der Waals surface area contributed by atoms with E-state index in [4.69, 9.17) is 4.74 Å². The number of fused-ring (bicyclic) bond motifs is 1. The van der Waals surface area contributed by atoms with Gasteiger partial charge in [0.1, 0.15) is 30.2 Å². The van der Waals surface area contributed by atoms with E-state index in [1.54, 1.807) is 0 Å². The standard InChI is InChI=1S/C16H12FN5O2S/c1-9-14(15-18-8-19-21-15)22-13(23)6-11(20-16(22)25-9)7-24-12-4-2-10(17)3-5-12/h2-6,8H,7H2,1H3,(H,18,19,21). The van der Waals surface area contributed by atoms with Crippen LogP contribution in [0.25, 0.3) is 16.5 Å². The van der Waals surface area contributed by atoms with E-state index < -0.39 is 0 Å². The summed E-state index contributed by atoms with van der Waals surface area (Å²) >= 11 is 1.39. The number of halogens is 1. The molecule has 0 radical (unpaired) electrons. The van der Waals surface area contributed by atoms with E-state index >= 15 is 0 Å². The molecule has 9 heteroatoms. The van der Waals surface area contributed by atoms with Crippen LogP contribution in [0, 0.1) is 12.7 Å². The number of ether oxygens (including phenoxy) is 1. The lowest BCUT2D eigenvalue weighted by Gasteiger charge is -2.06. The molecule has 0 saturated carbocycles. The van der Waals surface area contributed by atoms with Crippen LogP contribution in [0.5, 0.6) is 5.75 Å². The molecule has 3 heterocycles. The molecular formula is C16H12FN5O2S. The van der Waals surface area contributed by atoms with Gasteiger partial charge in [-0.3, -0.25) is 9.89 Å². The lowest BCUT2D eigenvalue weighted by atomic mass is 10.3. The minimum Gasteiger partial charge on any atom is -0.487 e. The average molecular weight is 357 g/mol. The number of aromatic nitrogens is 5. The van der Waals surface area contributed by atoms with Crippen molar-refractivity contribution >= 4 is 16.3 Å². The number of benzene rings is 1. The van der Waals surface area contributed by atoms with Crippen LogP contribution < -0.4 is 10.3 Å². The molecule has 0 amide bonds. The van der Waals surface area contributed by atoms with Crippen molar-refractivity contribution in [2.45, 2.75) is 13.5 Å². The molecule has 4 aromatic rings. The lowest BCUT2D eigenvalue weighted by Crippen LogP contribution is -2.16. The van der Waals surface area contributed by atoms with E-state index in [0.717, 1.165) is 4.88 Å². The highest BCUT2D eigenvalue weighted by Crippen LogP contribution is 2.26. The van der Waals surface area contributed by atoms with Crippen molar-refractivity contribution < 1.29 is 9.13 Å². The molecule has 1 aromatic carbocycles. The molecule has 0 atom stereocenters. The highest BCUT2D eigenvalue weighted by atomic mass is 32.1. The number of hydrogen-bond acceptors (Lipinski definition) is 6. The zero-order valence-corrected chi connectivity index (χ0v) is 13.9. The van der Waals surface area contributed by atoms with Gasteiger partial charge in [0.25, 0.3) is 5.56 Å². The first-order valence-electron chi connectivity index (χ1n) is 7.38. The number of nitrogens with zero attached hydrogens (tertiary/aromatic N) is 4. The van der Waals surface area contributed by atoms with Crippen LogP contribution in [-0.4, -0.2) is 24.6 Å². The number of H-pyrrole nitrogens is 1. The van der Waals surface area contributed by atoms with E-state index in [0.29, 0.717) is 27.9 Å². The van der Waals surface area contributed by atoms with E-state index in [2.05, 4.69) is 20.2 Å². The first-order chi connectivity index (χ1) is 12.1. The van der Waals surface area contributed by atoms with Gasteiger partial charge in [0, 0.05) is 10.9 Å². The van der Waals surface area contributed by atoms with Crippen LogP contribution in [0.1, 0.15) is 10.6 Å². The molecule has 4 rings (SSSR count). The summed E-state index contributed by atoms with van der Waals surface area (Å²) in [4.78, 5) is 22.6. The second kappa shape index (κ2) is 6.10. The number of hydrogen-bond donors (Lipinski definition) is 1. The normalized spacial score (nSPS) is 11.1. The van der Waals surface area contributed by atoms with Gasteiger partial charge in [0.2, 0.25) is 0 Å². The molecule has 0 aliphatic carbocycles. The van der Waals surface area contributed by atoms with Crippen molar-refractivity contribution in [1.82, 2.24) is 24.6 Å². The Bertz CT molecular complexity index is 1090. The summed E-state index contributed by atoms with van der Waals surface area (Å²) in [6, 6.07) is 7.10. The highest BCUT2D eigenvalue weighted by Gasteiger charge is 2.16. The van der Waals surface area contributed by atoms with Crippen molar-refractivity contribution in [2.24, 2.45) is 0 Å². The Morgan fingerprint density at radius 2 is 2.12 bits per heavy atom. The van der Waals surface area contributed by atoms with E-state index in [1.165, 1.54) is 52.4 Å². The summed E-state index contributed by atoms with van der Waals surface area (Å²) < 4.78 is 20.0. The van der Waals surface area contributed by atoms with Gasteiger partial charge < -0.3 is 4.74 Å². The number of aryl methyl sites for hydroxylation is 1. The predicted octanol–water partition coefficient (Wildman–Crippen LogP) is 2.57. The van der Waals surface area contributed by atoms with E-state index in [9.17, 15) is 9.18 Å². The summed E-state index contributed by atoms with van der Waals surface area (Å²) in [5.41, 5.74) is 0.930. The third-order valence-corrected chi connectivity index (χ3v) is 4.54. The highest BCUT2D eigenvalue weighted by molar-refractivity contribution is 7.17. The van der Waals surface area contributed by atoms with Gasteiger partial charge in [-0.05, 0) is 31.2 Å². The molecule has 0 fully saturated rings. The van der Waals surface area contributed by atoms with Crippen molar-refractivity contribution in [1.29, 1.82) is 0 Å². The minimum atomic E-state index is -0.334. The fourth-order valence-corrected chi connectivity index (χ4v) is 3.47. The zero-order valence-electron chi connectivity index (χ0n) is 13.1. The minimum absolute atomic E-state index is 0.117. The van der Waals surface area contributed by atoms with Crippen LogP contribution in [0.4, 0.5) is 4.39 Å². The molecule has 1 N–H and O–H groups in total. The maximum Gasteiger partial charge on any atom is 0.259 e. The molecule has 126 valence electrons. The first kappa shape index (κ1) is 15.5. The van der Waals surface area contributed by atoms with Crippen molar-refractivity contribution in [2.75, 3.05) is 0 Å². The maximum absolute atomic E-state index is 12.9. The van der Waals surface area contributed by atoms with Gasteiger partial charge in [-0.1, -0.05) is 0 Å². The number of nitrogens with one attached hydrogen (secondary N) is 1. The Hall–Kier alpha value is -3.07. The molecule has 0 bridgehead atoms. The third kappa shape index (κ3) is 2.89. The van der Waals surface area contributed by atoms with E-state index in [1.807, 2.05) is 6.92 Å². The van der Waals surface area contributed by atoms with Crippen molar-refractivity contribution in [3.8, 4) is 17.3 Å². The molecule has 0 unspecified atom stereocenters. The zero-order chi connectivity index (χ0) is 17.4. The summed E-state index contributed by atoms with van der Waals surface area (Å²) in [6.45, 7) is 2.01. The fraction of sp³-hybridized carbons (Fsp3) is 0.125. The molecular weight excluding hydrogens is 345 g/mol. The van der Waals surface area contributed by atoms with Gasteiger partial charge in [0.15, 0.2) is 10.8 Å². The molecule has 0 aliphatic heterocycles. The molecule has 0 spiro atoms. The fourth-order valence-electron chi connectivity index (χ4n) is 2.48. The Kier molecular flexibility index (Phi) is 3.77. The van der Waals surface area contributed by atoms with Crippen LogP contribution in [0.3, 0.4) is 0 Å². The van der Waals surface area contributed by atoms with Gasteiger partial charge in [-0.25, -0.2) is 18.8 Å². The second-order valence-corrected chi connectivity index (χ2v) is 6.47. The second-order valence-electron chi connectivity index (χ2n) is 5.29. The van der Waals surface area contributed by atoms with Crippen LogP contribution in [-0.2, 0) is 6.61 Å². The van der Waals surface area contributed by atoms with Gasteiger partial charge in [-0.15, -0.1) is 11.3 Å². The van der Waals surface area contributed by atoms with Gasteiger partial charge in [-0.2, -0.15) is 5.10 Å². The summed E-state index contributed by atoms with van der Waals surface area (Å²) in [5.74, 6) is 0.690. The smallest absolute Gasteiger partial charge is 0.259 e. The number of thiazole rings is 1. The maximum atomic E-state index is 12.9. The first-order valence-corrected chi connectivity index (χ1v) is 8.19. The molecule has 7 nitrogen and oxygen atoms in total. The average Bonchev–Trinajstić information content (AvgIpc) is 3.21. The predicted molar refractivity (Wildman–Crippen MR) is 90.2 cm³/mol. The Balaban J connectivity index is 1.68. The van der Waals surface area contributed by atoms with Crippen LogP contribution in [0.15, 0.2) is 41.5 Å². The molecule has 0 saturated heterocycles. The monoisotopic (exact) mass is 357 g/mol. The summed E-state index contributed by atoms with van der Waals surface area (Å²) in [7, 11) is 0. The Labute approximate surface area is 144 Å². The topological polar surface area (TPSA) is 85.2 Å².